The van der Waals surface area contributed by atoms with E-state index < -0.39 is 11.9 Å². The Morgan fingerprint density at radius 1 is 1.56 bits per heavy atom. The molecule has 0 atom stereocenters. The van der Waals surface area contributed by atoms with E-state index in [0.717, 1.165) is 6.08 Å². The van der Waals surface area contributed by atoms with Crippen molar-refractivity contribution >= 4 is 23.8 Å². The zero-order valence-corrected chi connectivity index (χ0v) is 10.5. The maximum atomic E-state index is 10.9. The molecule has 18 heavy (non-hydrogen) atoms. The van der Waals surface area contributed by atoms with Gasteiger partial charge in [-0.25, -0.2) is 4.79 Å². The van der Waals surface area contributed by atoms with Crippen molar-refractivity contribution in [3.05, 3.63) is 17.3 Å². The smallest absolute Gasteiger partial charge is 0.328 e. The lowest BCUT2D eigenvalue weighted by Gasteiger charge is -2.18. The summed E-state index contributed by atoms with van der Waals surface area (Å²) in [7, 11) is 3.41. The number of nitrogens with zero attached hydrogens (tertiary/aromatic N) is 3. The lowest BCUT2D eigenvalue weighted by molar-refractivity contribution is -0.131. The van der Waals surface area contributed by atoms with Gasteiger partial charge in [0.15, 0.2) is 0 Å². The molecule has 0 aliphatic heterocycles. The fourth-order valence-electron chi connectivity index (χ4n) is 1.77. The molecule has 1 rings (SSSR count). The first-order valence-electron chi connectivity index (χ1n) is 5.27. The highest BCUT2D eigenvalue weighted by molar-refractivity contribution is 5.87. The lowest BCUT2D eigenvalue weighted by Crippen LogP contribution is -2.32. The molecule has 0 aliphatic carbocycles. The third kappa shape index (κ3) is 3.09. The molecule has 0 fully saturated rings. The molecule has 3 N–H and O–H groups in total. The van der Waals surface area contributed by atoms with Gasteiger partial charge >= 0.3 is 5.97 Å². The molecule has 7 heteroatoms. The van der Waals surface area contributed by atoms with Crippen LogP contribution in [-0.2, 0) is 16.6 Å². The van der Waals surface area contributed by atoms with Crippen LogP contribution < -0.4 is 10.6 Å². The van der Waals surface area contributed by atoms with Crippen LogP contribution in [0.2, 0.25) is 0 Å². The number of amides is 1. The van der Waals surface area contributed by atoms with Crippen LogP contribution in [0.25, 0.3) is 6.08 Å². The van der Waals surface area contributed by atoms with Crippen LogP contribution >= 0.6 is 0 Å². The number of anilines is 1. The summed E-state index contributed by atoms with van der Waals surface area (Å²) in [5.74, 6) is -0.866. The molecule has 1 heterocycles. The van der Waals surface area contributed by atoms with Crippen molar-refractivity contribution in [2.24, 2.45) is 12.8 Å². The minimum absolute atomic E-state index is 0.0346. The van der Waals surface area contributed by atoms with Crippen LogP contribution in [0.15, 0.2) is 6.08 Å². The molecule has 0 saturated carbocycles. The molecule has 0 aromatic carbocycles. The first-order valence-corrected chi connectivity index (χ1v) is 5.27. The first-order chi connectivity index (χ1) is 8.32. The Morgan fingerprint density at radius 2 is 2.17 bits per heavy atom. The van der Waals surface area contributed by atoms with Crippen molar-refractivity contribution in [2.75, 3.05) is 18.5 Å². The number of rotatable bonds is 5. The van der Waals surface area contributed by atoms with Crippen molar-refractivity contribution in [1.82, 2.24) is 9.78 Å². The Bertz CT molecular complexity index is 505. The number of hydrogen-bond donors (Lipinski definition) is 2. The summed E-state index contributed by atoms with van der Waals surface area (Å²) >= 11 is 0. The standard InChI is InChI=1S/C11H16N4O3/c1-7-8(4-5-10(17)18)11(15(3)13-7)14(2)6-9(12)16/h4-5H,6H2,1-3H3,(H2,12,16)(H,17,18)/b5-4+. The molecule has 0 unspecified atom stereocenters. The van der Waals surface area contributed by atoms with Gasteiger partial charge in [-0.1, -0.05) is 0 Å². The molecule has 98 valence electrons. The van der Waals surface area contributed by atoms with Crippen molar-refractivity contribution in [3.63, 3.8) is 0 Å². The van der Waals surface area contributed by atoms with Gasteiger partial charge in [-0.2, -0.15) is 5.10 Å². The number of aromatic nitrogens is 2. The van der Waals surface area contributed by atoms with Crippen LogP contribution in [-0.4, -0.2) is 40.4 Å². The monoisotopic (exact) mass is 252 g/mol. The van der Waals surface area contributed by atoms with Crippen LogP contribution in [0, 0.1) is 6.92 Å². The maximum Gasteiger partial charge on any atom is 0.328 e. The van der Waals surface area contributed by atoms with Crippen LogP contribution in [0.3, 0.4) is 0 Å². The Balaban J connectivity index is 3.17. The summed E-state index contributed by atoms with van der Waals surface area (Å²) in [5.41, 5.74) is 6.48. The third-order valence-corrected chi connectivity index (χ3v) is 2.38. The highest BCUT2D eigenvalue weighted by Gasteiger charge is 2.16. The zero-order valence-electron chi connectivity index (χ0n) is 10.5. The van der Waals surface area contributed by atoms with Gasteiger partial charge in [0.25, 0.3) is 0 Å². The third-order valence-electron chi connectivity index (χ3n) is 2.38. The van der Waals surface area contributed by atoms with E-state index in [0.29, 0.717) is 17.1 Å². The average Bonchev–Trinajstić information content (AvgIpc) is 2.49. The molecular weight excluding hydrogens is 236 g/mol. The minimum Gasteiger partial charge on any atom is -0.478 e. The number of carboxylic acid groups (broad SMARTS) is 1. The molecule has 1 aromatic rings. The Hall–Kier alpha value is -2.31. The quantitative estimate of drug-likeness (QED) is 0.703. The molecule has 0 radical (unpaired) electrons. The summed E-state index contributed by atoms with van der Waals surface area (Å²) < 4.78 is 1.58. The Morgan fingerprint density at radius 3 is 2.67 bits per heavy atom. The van der Waals surface area contributed by atoms with E-state index in [1.165, 1.54) is 6.08 Å². The Labute approximate surface area is 104 Å². The molecule has 1 aromatic heterocycles. The SMILES string of the molecule is Cc1nn(C)c(N(C)CC(N)=O)c1/C=C/C(=O)O. The summed E-state index contributed by atoms with van der Waals surface area (Å²) in [6.45, 7) is 1.80. The fraction of sp³-hybridized carbons (Fsp3) is 0.364. The second-order valence-electron chi connectivity index (χ2n) is 3.94. The first kappa shape index (κ1) is 13.8. The fourth-order valence-corrected chi connectivity index (χ4v) is 1.77. The van der Waals surface area contributed by atoms with Crippen molar-refractivity contribution < 1.29 is 14.7 Å². The molecular formula is C11H16N4O3. The van der Waals surface area contributed by atoms with Gasteiger partial charge in [0.05, 0.1) is 12.2 Å². The second-order valence-corrected chi connectivity index (χ2v) is 3.94. The topological polar surface area (TPSA) is 101 Å². The van der Waals surface area contributed by atoms with Crippen LogP contribution in [0.4, 0.5) is 5.82 Å². The number of carboxylic acids is 1. The van der Waals surface area contributed by atoms with Crippen molar-refractivity contribution in [3.8, 4) is 0 Å². The van der Waals surface area contributed by atoms with Gasteiger partial charge in [0.2, 0.25) is 5.91 Å². The van der Waals surface area contributed by atoms with E-state index in [2.05, 4.69) is 5.10 Å². The number of likely N-dealkylation sites (N-methyl/N-ethyl adjacent to an activating group) is 1. The van der Waals surface area contributed by atoms with E-state index in [1.807, 2.05) is 0 Å². The second kappa shape index (κ2) is 5.35. The minimum atomic E-state index is -1.04. The normalized spacial score (nSPS) is 10.8. The Kier molecular flexibility index (Phi) is 4.09. The number of carbonyl (C=O) groups is 2. The molecule has 7 nitrogen and oxygen atoms in total. The predicted molar refractivity (Wildman–Crippen MR) is 67.1 cm³/mol. The average molecular weight is 252 g/mol. The summed E-state index contributed by atoms with van der Waals surface area (Å²) in [5, 5.41) is 12.8. The van der Waals surface area contributed by atoms with Crippen molar-refractivity contribution in [2.45, 2.75) is 6.92 Å². The van der Waals surface area contributed by atoms with Gasteiger partial charge in [-0.15, -0.1) is 0 Å². The highest BCUT2D eigenvalue weighted by Crippen LogP contribution is 2.23. The van der Waals surface area contributed by atoms with Gasteiger partial charge in [-0.3, -0.25) is 9.48 Å². The van der Waals surface area contributed by atoms with Crippen LogP contribution in [0.1, 0.15) is 11.3 Å². The lowest BCUT2D eigenvalue weighted by atomic mass is 10.2. The van der Waals surface area contributed by atoms with E-state index >= 15 is 0 Å². The summed E-state index contributed by atoms with van der Waals surface area (Å²) in [4.78, 5) is 23.1. The predicted octanol–water partition coefficient (Wildman–Crippen LogP) is -0.252. The molecule has 0 saturated heterocycles. The van der Waals surface area contributed by atoms with E-state index in [1.54, 1.807) is 30.6 Å². The van der Waals surface area contributed by atoms with Gasteiger partial charge in [0, 0.05) is 25.7 Å². The maximum absolute atomic E-state index is 10.9. The molecule has 1 amide bonds. The molecule has 0 spiro atoms. The van der Waals surface area contributed by atoms with Gasteiger partial charge in [-0.05, 0) is 13.0 Å². The summed E-state index contributed by atoms with van der Waals surface area (Å²) in [6, 6.07) is 0. The number of aryl methyl sites for hydroxylation is 2. The van der Waals surface area contributed by atoms with E-state index in [9.17, 15) is 9.59 Å². The number of aliphatic carboxylic acids is 1. The zero-order chi connectivity index (χ0) is 13.9. The largest absolute Gasteiger partial charge is 0.478 e. The van der Waals surface area contributed by atoms with E-state index in [-0.39, 0.29) is 6.54 Å². The molecule has 0 aliphatic rings. The van der Waals surface area contributed by atoms with E-state index in [4.69, 9.17) is 10.8 Å². The van der Waals surface area contributed by atoms with Gasteiger partial charge < -0.3 is 15.7 Å². The van der Waals surface area contributed by atoms with Crippen molar-refractivity contribution in [1.29, 1.82) is 0 Å². The van der Waals surface area contributed by atoms with Crippen LogP contribution in [0.5, 0.6) is 0 Å². The highest BCUT2D eigenvalue weighted by atomic mass is 16.4. The molecule has 0 bridgehead atoms. The number of nitrogens with two attached hydrogens (primary N) is 1. The van der Waals surface area contributed by atoms with Gasteiger partial charge in [0.1, 0.15) is 5.82 Å². The number of hydrogen-bond acceptors (Lipinski definition) is 4. The number of carbonyl (C=O) groups excluding carboxylic acids is 1. The summed E-state index contributed by atoms with van der Waals surface area (Å²) in [6.07, 6.45) is 2.49. The number of primary amides is 1.